The first kappa shape index (κ1) is 11.2. The Morgan fingerprint density at radius 1 is 1.28 bits per heavy atom. The predicted molar refractivity (Wildman–Crippen MR) is 73.6 cm³/mol. The number of halogens is 1. The number of methoxy groups -OCH3 is 1. The monoisotopic (exact) mass is 303 g/mol. The number of fused-ring (bicyclic) bond motifs is 1. The summed E-state index contributed by atoms with van der Waals surface area (Å²) in [5.41, 5.74) is 2.84. The van der Waals surface area contributed by atoms with Crippen LogP contribution in [0.4, 0.5) is 0 Å². The van der Waals surface area contributed by atoms with Gasteiger partial charge in [-0.1, -0.05) is 0 Å². The van der Waals surface area contributed by atoms with Crippen molar-refractivity contribution in [2.75, 3.05) is 7.11 Å². The van der Waals surface area contributed by atoms with Crippen LogP contribution in [0.1, 0.15) is 0 Å². The molecular weight excluding hydrogens is 294 g/mol. The number of nitrogens with one attached hydrogen (secondary N) is 1. The van der Waals surface area contributed by atoms with Gasteiger partial charge >= 0.3 is 0 Å². The fourth-order valence-corrected chi connectivity index (χ4v) is 2.35. The first-order chi connectivity index (χ1) is 8.78. The molecule has 0 radical (unpaired) electrons. The van der Waals surface area contributed by atoms with E-state index < -0.39 is 0 Å². The smallest absolute Gasteiger partial charge is 0.138 e. The Bertz CT molecular complexity index is 675. The second-order valence-electron chi connectivity index (χ2n) is 3.83. The lowest BCUT2D eigenvalue weighted by Gasteiger charge is -2.04. The largest absolute Gasteiger partial charge is 0.496 e. The number of hydrogen-bond acceptors (Lipinski definition) is 3. The highest BCUT2D eigenvalue weighted by atomic mass is 79.9. The molecule has 1 aromatic carbocycles. The Morgan fingerprint density at radius 2 is 2.17 bits per heavy atom. The molecule has 5 heteroatoms. The number of aromatic nitrogens is 3. The SMILES string of the molecule is COc1ccc(-c2nc3ccncc3[nH]2)cc1Br. The van der Waals surface area contributed by atoms with Gasteiger partial charge in [0.2, 0.25) is 0 Å². The van der Waals surface area contributed by atoms with Gasteiger partial charge in [-0.3, -0.25) is 4.98 Å². The van der Waals surface area contributed by atoms with Gasteiger partial charge in [-0.05, 0) is 40.2 Å². The van der Waals surface area contributed by atoms with Crippen LogP contribution in [0.15, 0.2) is 41.1 Å². The van der Waals surface area contributed by atoms with Crippen molar-refractivity contribution in [1.29, 1.82) is 0 Å². The molecule has 3 rings (SSSR count). The molecule has 2 heterocycles. The van der Waals surface area contributed by atoms with Gasteiger partial charge < -0.3 is 9.72 Å². The van der Waals surface area contributed by atoms with E-state index in [9.17, 15) is 0 Å². The molecule has 0 amide bonds. The van der Waals surface area contributed by atoms with E-state index >= 15 is 0 Å². The van der Waals surface area contributed by atoms with Crippen LogP contribution in [0.5, 0.6) is 5.75 Å². The molecule has 18 heavy (non-hydrogen) atoms. The lowest BCUT2D eigenvalue weighted by Crippen LogP contribution is -1.86. The van der Waals surface area contributed by atoms with Crippen molar-refractivity contribution in [3.63, 3.8) is 0 Å². The number of nitrogens with zero attached hydrogens (tertiary/aromatic N) is 2. The number of hydrogen-bond donors (Lipinski definition) is 1. The Labute approximate surface area is 112 Å². The van der Waals surface area contributed by atoms with Crippen LogP contribution in [0.2, 0.25) is 0 Å². The molecule has 0 atom stereocenters. The number of H-pyrrole nitrogens is 1. The van der Waals surface area contributed by atoms with E-state index in [0.717, 1.165) is 32.6 Å². The number of ether oxygens (including phenoxy) is 1. The number of rotatable bonds is 2. The van der Waals surface area contributed by atoms with Crippen molar-refractivity contribution in [2.24, 2.45) is 0 Å². The molecule has 3 aromatic rings. The number of imidazole rings is 1. The highest BCUT2D eigenvalue weighted by Gasteiger charge is 2.07. The maximum atomic E-state index is 5.21. The van der Waals surface area contributed by atoms with E-state index in [2.05, 4.69) is 30.9 Å². The maximum Gasteiger partial charge on any atom is 0.138 e. The lowest BCUT2D eigenvalue weighted by atomic mass is 10.2. The molecule has 0 aliphatic carbocycles. The molecule has 0 unspecified atom stereocenters. The maximum absolute atomic E-state index is 5.21. The Hall–Kier alpha value is -1.88. The lowest BCUT2D eigenvalue weighted by molar-refractivity contribution is 0.412. The van der Waals surface area contributed by atoms with Crippen molar-refractivity contribution in [3.8, 4) is 17.1 Å². The van der Waals surface area contributed by atoms with E-state index in [1.807, 2.05) is 24.3 Å². The van der Waals surface area contributed by atoms with Crippen molar-refractivity contribution in [3.05, 3.63) is 41.1 Å². The molecule has 0 saturated carbocycles. The quantitative estimate of drug-likeness (QED) is 0.789. The van der Waals surface area contributed by atoms with Crippen LogP contribution in [0.3, 0.4) is 0 Å². The number of pyridine rings is 1. The van der Waals surface area contributed by atoms with Crippen LogP contribution < -0.4 is 4.74 Å². The Morgan fingerprint density at radius 3 is 2.89 bits per heavy atom. The topological polar surface area (TPSA) is 50.8 Å². The fraction of sp³-hybridized carbons (Fsp3) is 0.0769. The van der Waals surface area contributed by atoms with Crippen LogP contribution >= 0.6 is 15.9 Å². The number of benzene rings is 1. The fourth-order valence-electron chi connectivity index (χ4n) is 1.81. The first-order valence-electron chi connectivity index (χ1n) is 5.41. The third kappa shape index (κ3) is 1.86. The summed E-state index contributed by atoms with van der Waals surface area (Å²) in [6, 6.07) is 7.73. The summed E-state index contributed by atoms with van der Waals surface area (Å²) in [5.74, 6) is 1.62. The van der Waals surface area contributed by atoms with Gasteiger partial charge in [0, 0.05) is 11.8 Å². The van der Waals surface area contributed by atoms with Crippen LogP contribution in [0, 0.1) is 0 Å². The molecule has 0 spiro atoms. The molecule has 4 nitrogen and oxygen atoms in total. The summed E-state index contributed by atoms with van der Waals surface area (Å²) < 4.78 is 6.11. The Balaban J connectivity index is 2.11. The summed E-state index contributed by atoms with van der Waals surface area (Å²) in [6.45, 7) is 0. The molecule has 0 aliphatic heterocycles. The molecular formula is C13H10BrN3O. The average Bonchev–Trinajstić information content (AvgIpc) is 2.82. The standard InChI is InChI=1S/C13H10BrN3O/c1-18-12-3-2-8(6-9(12)14)13-16-10-4-5-15-7-11(10)17-13/h2-7H,1H3,(H,16,17). The van der Waals surface area contributed by atoms with E-state index in [0.29, 0.717) is 0 Å². The van der Waals surface area contributed by atoms with Gasteiger partial charge in [0.05, 0.1) is 28.8 Å². The minimum atomic E-state index is 0.802. The Kier molecular flexibility index (Phi) is 2.76. The molecule has 90 valence electrons. The zero-order valence-electron chi connectivity index (χ0n) is 9.64. The van der Waals surface area contributed by atoms with Crippen LogP contribution in [0.25, 0.3) is 22.4 Å². The zero-order valence-corrected chi connectivity index (χ0v) is 11.2. The first-order valence-corrected chi connectivity index (χ1v) is 6.21. The summed E-state index contributed by atoms with van der Waals surface area (Å²) in [4.78, 5) is 11.8. The van der Waals surface area contributed by atoms with Gasteiger partial charge in [0.15, 0.2) is 0 Å². The third-order valence-electron chi connectivity index (χ3n) is 2.71. The average molecular weight is 304 g/mol. The summed E-state index contributed by atoms with van der Waals surface area (Å²) in [6.07, 6.45) is 3.50. The second-order valence-corrected chi connectivity index (χ2v) is 4.68. The summed E-state index contributed by atoms with van der Waals surface area (Å²) in [7, 11) is 1.65. The molecule has 0 fully saturated rings. The molecule has 0 saturated heterocycles. The minimum Gasteiger partial charge on any atom is -0.496 e. The normalized spacial score (nSPS) is 10.8. The van der Waals surface area contributed by atoms with E-state index in [1.54, 1.807) is 19.5 Å². The van der Waals surface area contributed by atoms with Crippen molar-refractivity contribution in [1.82, 2.24) is 15.0 Å². The predicted octanol–water partition coefficient (Wildman–Crippen LogP) is 3.40. The molecule has 2 aromatic heterocycles. The van der Waals surface area contributed by atoms with Crippen LogP contribution in [-0.2, 0) is 0 Å². The third-order valence-corrected chi connectivity index (χ3v) is 3.33. The van der Waals surface area contributed by atoms with Gasteiger partial charge in [0.1, 0.15) is 11.6 Å². The van der Waals surface area contributed by atoms with E-state index in [-0.39, 0.29) is 0 Å². The summed E-state index contributed by atoms with van der Waals surface area (Å²) in [5, 5.41) is 0. The highest BCUT2D eigenvalue weighted by Crippen LogP contribution is 2.30. The van der Waals surface area contributed by atoms with Gasteiger partial charge in [0.25, 0.3) is 0 Å². The molecule has 1 N–H and O–H groups in total. The van der Waals surface area contributed by atoms with E-state index in [4.69, 9.17) is 4.74 Å². The molecule has 0 aliphatic rings. The van der Waals surface area contributed by atoms with E-state index in [1.165, 1.54) is 0 Å². The van der Waals surface area contributed by atoms with Gasteiger partial charge in [-0.15, -0.1) is 0 Å². The summed E-state index contributed by atoms with van der Waals surface area (Å²) >= 11 is 3.47. The van der Waals surface area contributed by atoms with Gasteiger partial charge in [-0.25, -0.2) is 4.98 Å². The van der Waals surface area contributed by atoms with Gasteiger partial charge in [-0.2, -0.15) is 0 Å². The van der Waals surface area contributed by atoms with Crippen molar-refractivity contribution < 1.29 is 4.74 Å². The minimum absolute atomic E-state index is 0.802. The second kappa shape index (κ2) is 4.42. The van der Waals surface area contributed by atoms with Crippen LogP contribution in [-0.4, -0.2) is 22.1 Å². The zero-order chi connectivity index (χ0) is 12.5. The number of aromatic amines is 1. The van der Waals surface area contributed by atoms with Crippen molar-refractivity contribution >= 4 is 27.0 Å². The molecule has 0 bridgehead atoms. The highest BCUT2D eigenvalue weighted by molar-refractivity contribution is 9.10. The van der Waals surface area contributed by atoms with Crippen molar-refractivity contribution in [2.45, 2.75) is 0 Å².